The van der Waals surface area contributed by atoms with Gasteiger partial charge in [-0.25, -0.2) is 4.79 Å². The Bertz CT molecular complexity index is 801. The molecule has 1 aliphatic rings. The predicted octanol–water partition coefficient (Wildman–Crippen LogP) is 2.54. The molecule has 1 saturated heterocycles. The summed E-state index contributed by atoms with van der Waals surface area (Å²) in [6.45, 7) is 6.26. The third-order valence-electron chi connectivity index (χ3n) is 4.13. The van der Waals surface area contributed by atoms with Crippen LogP contribution >= 0.6 is 7.60 Å². The average Bonchev–Trinajstić information content (AvgIpc) is 2.65. The molecule has 0 saturated carbocycles. The first-order chi connectivity index (χ1) is 13.4. The van der Waals surface area contributed by atoms with Crippen LogP contribution in [0, 0.1) is 6.92 Å². The topological polar surface area (TPSA) is 109 Å². The molecule has 1 aromatic rings. The second-order valence-electron chi connectivity index (χ2n) is 6.41. The van der Waals surface area contributed by atoms with E-state index in [1.54, 1.807) is 26.8 Å². The molecule has 158 valence electrons. The average molecular weight is 416 g/mol. The summed E-state index contributed by atoms with van der Waals surface area (Å²) < 4.78 is 36.2. The number of hydrogen-bond donors (Lipinski definition) is 1. The molecule has 0 aromatic carbocycles. The number of ether oxygens (including phenoxy) is 2. The third-order valence-corrected chi connectivity index (χ3v) is 5.90. The molecule has 1 aliphatic heterocycles. The SMILES string of the molecule is CCOP(=O)(/C=C/[C@@H](Cn1cc(C)c(=O)[nH]c1=O)O[C@@H]1CCCCO1)OCC. The molecule has 28 heavy (non-hydrogen) atoms. The van der Waals surface area contributed by atoms with E-state index in [2.05, 4.69) is 4.98 Å². The van der Waals surface area contributed by atoms with E-state index in [0.717, 1.165) is 19.3 Å². The van der Waals surface area contributed by atoms with Crippen LogP contribution in [0.1, 0.15) is 38.7 Å². The first-order valence-corrected chi connectivity index (χ1v) is 11.1. The van der Waals surface area contributed by atoms with Crippen molar-refractivity contribution in [2.24, 2.45) is 0 Å². The van der Waals surface area contributed by atoms with Gasteiger partial charge < -0.3 is 18.5 Å². The minimum Gasteiger partial charge on any atom is -0.353 e. The van der Waals surface area contributed by atoms with Gasteiger partial charge in [-0.05, 0) is 46.1 Å². The summed E-state index contributed by atoms with van der Waals surface area (Å²) in [7, 11) is -3.41. The van der Waals surface area contributed by atoms with E-state index in [4.69, 9.17) is 18.5 Å². The van der Waals surface area contributed by atoms with Crippen molar-refractivity contribution in [3.8, 4) is 0 Å². The molecule has 9 nitrogen and oxygen atoms in total. The van der Waals surface area contributed by atoms with Gasteiger partial charge in [-0.3, -0.25) is 18.9 Å². The Balaban J connectivity index is 2.24. The summed E-state index contributed by atoms with van der Waals surface area (Å²) in [5, 5.41) is 0. The van der Waals surface area contributed by atoms with Crippen LogP contribution in [-0.4, -0.2) is 41.8 Å². The number of aromatic amines is 1. The van der Waals surface area contributed by atoms with Crippen LogP contribution in [0.15, 0.2) is 27.7 Å². The largest absolute Gasteiger partial charge is 0.353 e. The number of nitrogens with zero attached hydrogens (tertiary/aromatic N) is 1. The predicted molar refractivity (Wildman–Crippen MR) is 105 cm³/mol. The zero-order valence-corrected chi connectivity index (χ0v) is 17.5. The van der Waals surface area contributed by atoms with Crippen LogP contribution in [0.2, 0.25) is 0 Å². The van der Waals surface area contributed by atoms with Crippen molar-refractivity contribution in [2.45, 2.75) is 59.0 Å². The highest BCUT2D eigenvalue weighted by Gasteiger charge is 2.23. The third kappa shape index (κ3) is 6.83. The molecule has 0 bridgehead atoms. The van der Waals surface area contributed by atoms with Gasteiger partial charge in [-0.15, -0.1) is 0 Å². The Labute approximate surface area is 164 Å². The molecule has 0 unspecified atom stereocenters. The van der Waals surface area contributed by atoms with Crippen molar-refractivity contribution in [1.82, 2.24) is 9.55 Å². The lowest BCUT2D eigenvalue weighted by atomic mass is 10.2. The zero-order valence-electron chi connectivity index (χ0n) is 16.6. The van der Waals surface area contributed by atoms with Gasteiger partial charge in [0.05, 0.1) is 25.9 Å². The maximum absolute atomic E-state index is 12.7. The fourth-order valence-electron chi connectivity index (χ4n) is 2.80. The standard InChI is InChI=1S/C18H29N2O7P/c1-4-25-28(23,26-5-2)11-9-15(27-16-8-6-7-10-24-16)13-20-12-14(3)17(21)19-18(20)22/h9,11-12,15-16H,4-8,10,13H2,1-3H3,(H,19,21,22)/b11-9+/t15-,16+/m0/s1. The van der Waals surface area contributed by atoms with Crippen LogP contribution in [-0.2, 0) is 29.6 Å². The van der Waals surface area contributed by atoms with Crippen LogP contribution in [0.5, 0.6) is 0 Å². The van der Waals surface area contributed by atoms with Gasteiger partial charge in [0.25, 0.3) is 5.56 Å². The van der Waals surface area contributed by atoms with Crippen molar-refractivity contribution in [1.29, 1.82) is 0 Å². The normalized spacial score (nSPS) is 19.2. The maximum atomic E-state index is 12.7. The molecule has 0 amide bonds. The van der Waals surface area contributed by atoms with Gasteiger partial charge >= 0.3 is 13.3 Å². The molecule has 10 heteroatoms. The molecule has 1 fully saturated rings. The highest BCUT2D eigenvalue weighted by molar-refractivity contribution is 7.57. The zero-order chi connectivity index (χ0) is 20.6. The fourth-order valence-corrected chi connectivity index (χ4v) is 4.16. The number of aromatic nitrogens is 2. The lowest BCUT2D eigenvalue weighted by Crippen LogP contribution is -2.36. The van der Waals surface area contributed by atoms with Gasteiger partial charge in [-0.2, -0.15) is 0 Å². The summed E-state index contributed by atoms with van der Waals surface area (Å²) in [4.78, 5) is 26.0. The lowest BCUT2D eigenvalue weighted by molar-refractivity contribution is -0.180. The Morgan fingerprint density at radius 1 is 1.32 bits per heavy atom. The van der Waals surface area contributed by atoms with Gasteiger partial charge in [0.1, 0.15) is 0 Å². The van der Waals surface area contributed by atoms with Crippen molar-refractivity contribution in [2.75, 3.05) is 19.8 Å². The molecule has 2 heterocycles. The molecule has 2 atom stereocenters. The van der Waals surface area contributed by atoms with Crippen molar-refractivity contribution >= 4 is 7.60 Å². The minimum absolute atomic E-state index is 0.116. The molecule has 0 radical (unpaired) electrons. The van der Waals surface area contributed by atoms with E-state index >= 15 is 0 Å². The molecule has 2 rings (SSSR count). The Morgan fingerprint density at radius 3 is 2.64 bits per heavy atom. The van der Waals surface area contributed by atoms with Crippen molar-refractivity contribution < 1.29 is 23.1 Å². The quantitative estimate of drug-likeness (QED) is 0.584. The van der Waals surface area contributed by atoms with Crippen molar-refractivity contribution in [3.05, 3.63) is 44.5 Å². The van der Waals surface area contributed by atoms with Crippen LogP contribution < -0.4 is 11.2 Å². The molecule has 0 aliphatic carbocycles. The smallest absolute Gasteiger partial charge is 0.353 e. The van der Waals surface area contributed by atoms with E-state index in [0.29, 0.717) is 12.2 Å². The van der Waals surface area contributed by atoms with Crippen LogP contribution in [0.25, 0.3) is 0 Å². The fraction of sp³-hybridized carbons (Fsp3) is 0.667. The summed E-state index contributed by atoms with van der Waals surface area (Å²) in [5.74, 6) is 1.36. The summed E-state index contributed by atoms with van der Waals surface area (Å²) in [6.07, 6.45) is 4.69. The van der Waals surface area contributed by atoms with E-state index < -0.39 is 31.2 Å². The first kappa shape index (κ1) is 22.8. The Morgan fingerprint density at radius 2 is 2.04 bits per heavy atom. The first-order valence-electron chi connectivity index (χ1n) is 9.52. The van der Waals surface area contributed by atoms with Gasteiger partial charge in [0.15, 0.2) is 6.29 Å². The number of rotatable bonds is 10. The number of aryl methyl sites for hydroxylation is 1. The minimum atomic E-state index is -3.41. The van der Waals surface area contributed by atoms with Crippen LogP contribution in [0.3, 0.4) is 0 Å². The summed E-state index contributed by atoms with van der Waals surface area (Å²) in [6, 6.07) is 0. The Kier molecular flexibility index (Phi) is 8.85. The molecule has 1 N–H and O–H groups in total. The molecule has 1 aromatic heterocycles. The Hall–Kier alpha value is -1.51. The summed E-state index contributed by atoms with van der Waals surface area (Å²) in [5.41, 5.74) is -0.562. The number of hydrogen-bond acceptors (Lipinski definition) is 7. The maximum Gasteiger partial charge on any atom is 0.353 e. The highest BCUT2D eigenvalue weighted by Crippen LogP contribution is 2.49. The molecular weight excluding hydrogens is 387 g/mol. The molecule has 0 spiro atoms. The van der Waals surface area contributed by atoms with E-state index in [1.165, 1.54) is 16.6 Å². The monoisotopic (exact) mass is 416 g/mol. The van der Waals surface area contributed by atoms with Gasteiger partial charge in [0.2, 0.25) is 0 Å². The number of H-pyrrole nitrogens is 1. The van der Waals surface area contributed by atoms with E-state index in [-0.39, 0.29) is 19.8 Å². The summed E-state index contributed by atoms with van der Waals surface area (Å²) >= 11 is 0. The lowest BCUT2D eigenvalue weighted by Gasteiger charge is -2.27. The highest BCUT2D eigenvalue weighted by atomic mass is 31.2. The molecular formula is C18H29N2O7P. The van der Waals surface area contributed by atoms with Gasteiger partial charge in [0, 0.05) is 24.2 Å². The second kappa shape index (κ2) is 10.9. The van der Waals surface area contributed by atoms with E-state index in [1.807, 2.05) is 0 Å². The second-order valence-corrected chi connectivity index (χ2v) is 8.31. The van der Waals surface area contributed by atoms with Crippen molar-refractivity contribution in [3.63, 3.8) is 0 Å². The number of nitrogens with one attached hydrogen (secondary N) is 1. The van der Waals surface area contributed by atoms with E-state index in [9.17, 15) is 14.2 Å². The van der Waals surface area contributed by atoms with Crippen LogP contribution in [0.4, 0.5) is 0 Å². The van der Waals surface area contributed by atoms with Gasteiger partial charge in [-0.1, -0.05) is 0 Å².